The van der Waals surface area contributed by atoms with Crippen LogP contribution in [-0.2, 0) is 4.79 Å². The zero-order chi connectivity index (χ0) is 25.2. The second kappa shape index (κ2) is 13.0. The highest BCUT2D eigenvalue weighted by atomic mass is 32.2. The Morgan fingerprint density at radius 3 is 2.51 bits per heavy atom. The molecule has 0 aliphatic carbocycles. The number of thiocarbonyl (C=S) groups is 1. The number of carbonyl (C=O) groups is 2. The van der Waals surface area contributed by atoms with Gasteiger partial charge in [-0.2, -0.15) is 5.01 Å². The summed E-state index contributed by atoms with van der Waals surface area (Å²) in [4.78, 5) is 36.3. The summed E-state index contributed by atoms with van der Waals surface area (Å²) < 4.78 is 5.92. The first-order valence-corrected chi connectivity index (χ1v) is 12.7. The van der Waals surface area contributed by atoms with E-state index in [0.717, 1.165) is 40.9 Å². The molecular formula is C25H27N3O5S2. The van der Waals surface area contributed by atoms with Crippen LogP contribution in [0.4, 0.5) is 5.69 Å². The Morgan fingerprint density at radius 2 is 1.80 bits per heavy atom. The van der Waals surface area contributed by atoms with Crippen molar-refractivity contribution in [1.82, 2.24) is 10.4 Å². The fourth-order valence-corrected chi connectivity index (χ4v) is 4.61. The Labute approximate surface area is 213 Å². The van der Waals surface area contributed by atoms with Gasteiger partial charge >= 0.3 is 0 Å². The zero-order valence-electron chi connectivity index (χ0n) is 19.4. The highest BCUT2D eigenvalue weighted by Crippen LogP contribution is 2.32. The van der Waals surface area contributed by atoms with Crippen molar-refractivity contribution in [3.05, 3.63) is 74.7 Å². The predicted octanol–water partition coefficient (Wildman–Crippen LogP) is 5.88. The second-order valence-electron chi connectivity index (χ2n) is 7.92. The number of thioether (sulfide) groups is 1. The number of nitro groups is 1. The molecule has 1 saturated heterocycles. The number of amides is 2. The van der Waals surface area contributed by atoms with E-state index < -0.39 is 16.7 Å². The molecule has 8 nitrogen and oxygen atoms in total. The lowest BCUT2D eigenvalue weighted by Crippen LogP contribution is -2.45. The molecule has 35 heavy (non-hydrogen) atoms. The minimum Gasteiger partial charge on any atom is -0.494 e. The van der Waals surface area contributed by atoms with Crippen molar-refractivity contribution in [2.24, 2.45) is 0 Å². The van der Waals surface area contributed by atoms with Crippen LogP contribution in [0.1, 0.15) is 61.4 Å². The van der Waals surface area contributed by atoms with Crippen molar-refractivity contribution in [1.29, 1.82) is 0 Å². The largest absolute Gasteiger partial charge is 0.494 e. The Bertz CT molecular complexity index is 1120. The minimum atomic E-state index is -0.790. The van der Waals surface area contributed by atoms with E-state index in [2.05, 4.69) is 12.3 Å². The predicted molar refractivity (Wildman–Crippen MR) is 141 cm³/mol. The van der Waals surface area contributed by atoms with E-state index in [9.17, 15) is 19.7 Å². The normalized spacial score (nSPS) is 14.4. The van der Waals surface area contributed by atoms with E-state index in [1.54, 1.807) is 6.08 Å². The molecule has 0 radical (unpaired) electrons. The van der Waals surface area contributed by atoms with Gasteiger partial charge in [-0.05, 0) is 48.5 Å². The van der Waals surface area contributed by atoms with E-state index >= 15 is 0 Å². The Morgan fingerprint density at radius 1 is 1.11 bits per heavy atom. The van der Waals surface area contributed by atoms with Crippen LogP contribution in [0.15, 0.2) is 53.4 Å². The molecule has 1 heterocycles. The standard InChI is InChI=1S/C25H27N3O5S2/c1-2-3-4-5-6-9-16-33-19-14-12-18(13-15-19)17-22-24(30)27(25(34)35-22)26-23(29)20-10-7-8-11-21(20)28(31)32/h7-8,10-15,17H,2-6,9,16H2,1H3,(H,26,29). The molecule has 1 N–H and O–H groups in total. The number of ether oxygens (including phenoxy) is 1. The zero-order valence-corrected chi connectivity index (χ0v) is 21.0. The minimum absolute atomic E-state index is 0.132. The van der Waals surface area contributed by atoms with Gasteiger partial charge < -0.3 is 4.74 Å². The summed E-state index contributed by atoms with van der Waals surface area (Å²) in [6, 6.07) is 12.9. The van der Waals surface area contributed by atoms with Crippen molar-refractivity contribution < 1.29 is 19.2 Å². The molecule has 2 amide bonds. The lowest BCUT2D eigenvalue weighted by molar-refractivity contribution is -0.385. The number of hydrogen-bond acceptors (Lipinski definition) is 7. The van der Waals surface area contributed by atoms with Gasteiger partial charge in [0.2, 0.25) is 0 Å². The van der Waals surface area contributed by atoms with Crippen molar-refractivity contribution in [3.63, 3.8) is 0 Å². The molecule has 0 aromatic heterocycles. The summed E-state index contributed by atoms with van der Waals surface area (Å²) in [5, 5.41) is 12.1. The molecule has 0 saturated carbocycles. The van der Waals surface area contributed by atoms with E-state index in [0.29, 0.717) is 11.5 Å². The molecule has 184 valence electrons. The number of rotatable bonds is 12. The number of nitrogens with zero attached hydrogens (tertiary/aromatic N) is 2. The lowest BCUT2D eigenvalue weighted by Gasteiger charge is -2.15. The Hall–Kier alpha value is -3.24. The van der Waals surface area contributed by atoms with Crippen LogP contribution in [-0.4, -0.2) is 32.7 Å². The van der Waals surface area contributed by atoms with Crippen LogP contribution >= 0.6 is 24.0 Å². The first kappa shape index (κ1) is 26.4. The summed E-state index contributed by atoms with van der Waals surface area (Å²) in [5.41, 5.74) is 2.64. The van der Waals surface area contributed by atoms with Crippen molar-refractivity contribution in [2.75, 3.05) is 6.61 Å². The maximum Gasteiger partial charge on any atom is 0.285 e. The van der Waals surface area contributed by atoms with Gasteiger partial charge in [-0.1, -0.05) is 75.1 Å². The van der Waals surface area contributed by atoms with Gasteiger partial charge in [0.05, 0.1) is 16.4 Å². The number of hydrogen-bond donors (Lipinski definition) is 1. The Kier molecular flexibility index (Phi) is 9.80. The summed E-state index contributed by atoms with van der Waals surface area (Å²) in [6.07, 6.45) is 8.88. The number of unbranched alkanes of at least 4 members (excludes halogenated alkanes) is 5. The fourth-order valence-electron chi connectivity index (χ4n) is 3.43. The smallest absolute Gasteiger partial charge is 0.285 e. The number of nitrogens with one attached hydrogen (secondary N) is 1. The van der Waals surface area contributed by atoms with Gasteiger partial charge in [0.1, 0.15) is 11.3 Å². The number of benzene rings is 2. The number of hydrazine groups is 1. The molecule has 2 aromatic rings. The van der Waals surface area contributed by atoms with Crippen molar-refractivity contribution >= 4 is 51.9 Å². The van der Waals surface area contributed by atoms with Gasteiger partial charge in [0, 0.05) is 6.07 Å². The number of nitro benzene ring substituents is 1. The average Bonchev–Trinajstić information content (AvgIpc) is 3.11. The monoisotopic (exact) mass is 513 g/mol. The average molecular weight is 514 g/mol. The third-order valence-electron chi connectivity index (χ3n) is 5.30. The van der Waals surface area contributed by atoms with Gasteiger partial charge in [-0.15, -0.1) is 0 Å². The highest BCUT2D eigenvalue weighted by molar-refractivity contribution is 8.26. The molecule has 10 heteroatoms. The third kappa shape index (κ3) is 7.37. The maximum absolute atomic E-state index is 12.8. The van der Waals surface area contributed by atoms with Gasteiger partial charge in [0.25, 0.3) is 17.5 Å². The molecule has 0 unspecified atom stereocenters. The summed E-state index contributed by atoms with van der Waals surface area (Å²) in [5.74, 6) is -0.531. The molecule has 0 bridgehead atoms. The van der Waals surface area contributed by atoms with Crippen LogP contribution in [0.2, 0.25) is 0 Å². The fraction of sp³-hybridized carbons (Fsp3) is 0.320. The Balaban J connectivity index is 1.57. The summed E-state index contributed by atoms with van der Waals surface area (Å²) >= 11 is 6.28. The van der Waals surface area contributed by atoms with Gasteiger partial charge in [-0.25, -0.2) is 0 Å². The summed E-state index contributed by atoms with van der Waals surface area (Å²) in [6.45, 7) is 2.87. The number of para-hydroxylation sites is 1. The number of carbonyl (C=O) groups excluding carboxylic acids is 2. The van der Waals surface area contributed by atoms with Crippen LogP contribution in [0.25, 0.3) is 6.08 Å². The van der Waals surface area contributed by atoms with Gasteiger partial charge in [0.15, 0.2) is 4.32 Å². The van der Waals surface area contributed by atoms with Crippen LogP contribution in [0.3, 0.4) is 0 Å². The van der Waals surface area contributed by atoms with Gasteiger partial charge in [-0.3, -0.25) is 25.1 Å². The molecule has 0 atom stereocenters. The third-order valence-corrected chi connectivity index (χ3v) is 6.60. The molecule has 1 aliphatic rings. The van der Waals surface area contributed by atoms with E-state index in [-0.39, 0.29) is 15.6 Å². The van der Waals surface area contributed by atoms with E-state index in [1.165, 1.54) is 49.9 Å². The van der Waals surface area contributed by atoms with E-state index in [1.807, 2.05) is 24.3 Å². The highest BCUT2D eigenvalue weighted by Gasteiger charge is 2.34. The van der Waals surface area contributed by atoms with Crippen LogP contribution in [0, 0.1) is 10.1 Å². The van der Waals surface area contributed by atoms with Crippen molar-refractivity contribution in [3.8, 4) is 5.75 Å². The molecule has 1 fully saturated rings. The summed E-state index contributed by atoms with van der Waals surface area (Å²) in [7, 11) is 0. The molecular weight excluding hydrogens is 486 g/mol. The van der Waals surface area contributed by atoms with Crippen molar-refractivity contribution in [2.45, 2.75) is 45.4 Å². The SMILES string of the molecule is CCCCCCCCOc1ccc(C=C2SC(=S)N(NC(=O)c3ccccc3[N+](=O)[O-])C2=O)cc1. The first-order chi connectivity index (χ1) is 16.9. The maximum atomic E-state index is 12.8. The quantitative estimate of drug-likeness (QED) is 0.124. The molecule has 1 aliphatic heterocycles. The molecule has 0 spiro atoms. The molecule has 2 aromatic carbocycles. The lowest BCUT2D eigenvalue weighted by atomic mass is 10.1. The second-order valence-corrected chi connectivity index (χ2v) is 9.59. The van der Waals surface area contributed by atoms with Crippen LogP contribution in [0.5, 0.6) is 5.75 Å². The van der Waals surface area contributed by atoms with E-state index in [4.69, 9.17) is 17.0 Å². The topological polar surface area (TPSA) is 102 Å². The van der Waals surface area contributed by atoms with Crippen LogP contribution < -0.4 is 10.2 Å². The first-order valence-electron chi connectivity index (χ1n) is 11.5. The molecule has 3 rings (SSSR count).